The van der Waals surface area contributed by atoms with E-state index in [9.17, 15) is 18.9 Å². The average molecular weight is 217 g/mol. The van der Waals surface area contributed by atoms with Crippen molar-refractivity contribution in [1.29, 1.82) is 0 Å². The summed E-state index contributed by atoms with van der Waals surface area (Å²) in [5.41, 5.74) is -0.552. The van der Waals surface area contributed by atoms with Crippen LogP contribution in [0.5, 0.6) is 0 Å². The smallest absolute Gasteiger partial charge is 0.296 e. The number of rotatable bonds is 3. The lowest BCUT2D eigenvalue weighted by atomic mass is 10.0. The molecule has 0 saturated carbocycles. The summed E-state index contributed by atoms with van der Waals surface area (Å²) in [5, 5.41) is 18.8. The molecule has 0 bridgehead atoms. The highest BCUT2D eigenvalue weighted by atomic mass is 19.3. The SMILES string of the molecule is Cc1cc([N+](=O)[O-])ccc1C(F)(F)CO. The van der Waals surface area contributed by atoms with Crippen LogP contribution in [0.1, 0.15) is 11.1 Å². The van der Waals surface area contributed by atoms with E-state index < -0.39 is 23.0 Å². The third kappa shape index (κ3) is 2.27. The predicted octanol–water partition coefficient (Wildman–Crippen LogP) is 1.99. The molecule has 0 fully saturated rings. The second-order valence-electron chi connectivity index (χ2n) is 3.12. The fraction of sp³-hybridized carbons (Fsp3) is 0.333. The summed E-state index contributed by atoms with van der Waals surface area (Å²) in [5.74, 6) is -3.36. The molecule has 0 spiro atoms. The van der Waals surface area contributed by atoms with Gasteiger partial charge in [0.2, 0.25) is 0 Å². The topological polar surface area (TPSA) is 63.4 Å². The Morgan fingerprint density at radius 2 is 2.13 bits per heavy atom. The number of aliphatic hydroxyl groups excluding tert-OH is 1. The lowest BCUT2D eigenvalue weighted by molar-refractivity contribution is -0.384. The Bertz CT molecular complexity index is 393. The zero-order chi connectivity index (χ0) is 11.6. The van der Waals surface area contributed by atoms with Gasteiger partial charge in [0.15, 0.2) is 0 Å². The van der Waals surface area contributed by atoms with Crippen LogP contribution in [0, 0.1) is 17.0 Å². The molecule has 15 heavy (non-hydrogen) atoms. The minimum Gasteiger partial charge on any atom is -0.390 e. The molecule has 0 aliphatic rings. The van der Waals surface area contributed by atoms with Crippen LogP contribution in [-0.2, 0) is 5.92 Å². The largest absolute Gasteiger partial charge is 0.390 e. The molecule has 0 unspecified atom stereocenters. The summed E-state index contributed by atoms with van der Waals surface area (Å²) in [7, 11) is 0. The first-order valence-electron chi connectivity index (χ1n) is 4.12. The maximum Gasteiger partial charge on any atom is 0.296 e. The van der Waals surface area contributed by atoms with E-state index in [1.165, 1.54) is 6.92 Å². The number of non-ortho nitro benzene ring substituents is 1. The first-order valence-corrected chi connectivity index (χ1v) is 4.12. The number of hydrogen-bond donors (Lipinski definition) is 1. The molecule has 0 aliphatic heterocycles. The Labute approximate surface area is 84.3 Å². The molecule has 0 amide bonds. The molecule has 0 saturated heterocycles. The van der Waals surface area contributed by atoms with Crippen molar-refractivity contribution in [3.8, 4) is 0 Å². The van der Waals surface area contributed by atoms with Gasteiger partial charge in [-0.25, -0.2) is 0 Å². The number of nitro groups is 1. The van der Waals surface area contributed by atoms with Gasteiger partial charge in [-0.15, -0.1) is 0 Å². The van der Waals surface area contributed by atoms with Crippen molar-refractivity contribution in [1.82, 2.24) is 0 Å². The molecule has 1 aromatic rings. The van der Waals surface area contributed by atoms with Crippen LogP contribution in [0.3, 0.4) is 0 Å². The monoisotopic (exact) mass is 217 g/mol. The minimum atomic E-state index is -3.36. The van der Waals surface area contributed by atoms with Gasteiger partial charge in [-0.05, 0) is 18.6 Å². The van der Waals surface area contributed by atoms with Gasteiger partial charge in [0, 0.05) is 17.7 Å². The van der Waals surface area contributed by atoms with Gasteiger partial charge < -0.3 is 5.11 Å². The molecule has 4 nitrogen and oxygen atoms in total. The minimum absolute atomic E-state index is 0.0863. The van der Waals surface area contributed by atoms with Crippen molar-refractivity contribution in [3.63, 3.8) is 0 Å². The van der Waals surface area contributed by atoms with Crippen molar-refractivity contribution >= 4 is 5.69 Å². The van der Waals surface area contributed by atoms with E-state index in [1.54, 1.807) is 0 Å². The van der Waals surface area contributed by atoms with E-state index in [4.69, 9.17) is 5.11 Å². The molecule has 6 heteroatoms. The van der Waals surface area contributed by atoms with Gasteiger partial charge >= 0.3 is 0 Å². The summed E-state index contributed by atoms with van der Waals surface area (Å²) >= 11 is 0. The number of aryl methyl sites for hydroxylation is 1. The summed E-state index contributed by atoms with van der Waals surface area (Å²) in [4.78, 5) is 9.69. The van der Waals surface area contributed by atoms with Crippen LogP contribution in [0.15, 0.2) is 18.2 Å². The molecular weight excluding hydrogens is 208 g/mol. The van der Waals surface area contributed by atoms with Crippen molar-refractivity contribution in [3.05, 3.63) is 39.4 Å². The van der Waals surface area contributed by atoms with Crippen molar-refractivity contribution < 1.29 is 18.8 Å². The van der Waals surface area contributed by atoms with E-state index in [-0.39, 0.29) is 11.3 Å². The zero-order valence-corrected chi connectivity index (χ0v) is 7.91. The summed E-state index contributed by atoms with van der Waals surface area (Å²) in [6, 6.07) is 3.01. The molecular formula is C9H9F2NO3. The predicted molar refractivity (Wildman–Crippen MR) is 48.8 cm³/mol. The van der Waals surface area contributed by atoms with E-state index in [1.807, 2.05) is 0 Å². The number of nitrogens with zero attached hydrogens (tertiary/aromatic N) is 1. The standard InChI is InChI=1S/C9H9F2NO3/c1-6-4-7(12(14)15)2-3-8(6)9(10,11)5-13/h2-4,13H,5H2,1H3. The van der Waals surface area contributed by atoms with Gasteiger partial charge in [-0.3, -0.25) is 10.1 Å². The molecule has 0 heterocycles. The van der Waals surface area contributed by atoms with Crippen LogP contribution < -0.4 is 0 Å². The van der Waals surface area contributed by atoms with E-state index in [2.05, 4.69) is 0 Å². The highest BCUT2D eigenvalue weighted by molar-refractivity contribution is 5.41. The Hall–Kier alpha value is -1.56. The number of halogens is 2. The molecule has 82 valence electrons. The maximum atomic E-state index is 13.1. The van der Waals surface area contributed by atoms with Crippen LogP contribution in [0.2, 0.25) is 0 Å². The molecule has 0 aliphatic carbocycles. The van der Waals surface area contributed by atoms with Gasteiger partial charge in [0.1, 0.15) is 6.61 Å². The quantitative estimate of drug-likeness (QED) is 0.622. The molecule has 1 rings (SSSR count). The first kappa shape index (κ1) is 11.5. The highest BCUT2D eigenvalue weighted by Gasteiger charge is 2.32. The third-order valence-electron chi connectivity index (χ3n) is 2.01. The molecule has 1 N–H and O–H groups in total. The molecule has 0 radical (unpaired) electrons. The summed E-state index contributed by atoms with van der Waals surface area (Å²) < 4.78 is 26.1. The first-order chi connectivity index (χ1) is 6.88. The highest BCUT2D eigenvalue weighted by Crippen LogP contribution is 2.31. The third-order valence-corrected chi connectivity index (χ3v) is 2.01. The van der Waals surface area contributed by atoms with Crippen molar-refractivity contribution in [2.24, 2.45) is 0 Å². The molecule has 0 atom stereocenters. The van der Waals surface area contributed by atoms with Gasteiger partial charge in [-0.2, -0.15) is 8.78 Å². The average Bonchev–Trinajstić information content (AvgIpc) is 2.17. The van der Waals surface area contributed by atoms with Crippen LogP contribution in [-0.4, -0.2) is 16.6 Å². The number of benzene rings is 1. The zero-order valence-electron chi connectivity index (χ0n) is 7.91. The maximum absolute atomic E-state index is 13.1. The number of nitro benzene ring substituents is 1. The van der Waals surface area contributed by atoms with Gasteiger partial charge in [-0.1, -0.05) is 0 Å². The molecule has 0 aromatic heterocycles. The van der Waals surface area contributed by atoms with Crippen LogP contribution in [0.25, 0.3) is 0 Å². The van der Waals surface area contributed by atoms with Crippen LogP contribution in [0.4, 0.5) is 14.5 Å². The van der Waals surface area contributed by atoms with Crippen LogP contribution >= 0.6 is 0 Å². The van der Waals surface area contributed by atoms with E-state index >= 15 is 0 Å². The second-order valence-corrected chi connectivity index (χ2v) is 3.12. The van der Waals surface area contributed by atoms with Crippen molar-refractivity contribution in [2.75, 3.05) is 6.61 Å². The van der Waals surface area contributed by atoms with Gasteiger partial charge in [0.25, 0.3) is 11.6 Å². The number of aliphatic hydroxyl groups is 1. The lowest BCUT2D eigenvalue weighted by Crippen LogP contribution is -2.19. The fourth-order valence-corrected chi connectivity index (χ4v) is 1.26. The number of hydrogen-bond acceptors (Lipinski definition) is 3. The van der Waals surface area contributed by atoms with E-state index in [0.29, 0.717) is 0 Å². The number of alkyl halides is 2. The summed E-state index contributed by atoms with van der Waals surface area (Å²) in [6.45, 7) is 0.0254. The lowest BCUT2D eigenvalue weighted by Gasteiger charge is -2.15. The normalized spacial score (nSPS) is 11.5. The Kier molecular flexibility index (Phi) is 2.99. The van der Waals surface area contributed by atoms with Gasteiger partial charge in [0.05, 0.1) is 4.92 Å². The fourth-order valence-electron chi connectivity index (χ4n) is 1.26. The Balaban J connectivity index is 3.19. The second kappa shape index (κ2) is 3.90. The molecule has 1 aromatic carbocycles. The Morgan fingerprint density at radius 1 is 1.53 bits per heavy atom. The van der Waals surface area contributed by atoms with Crippen molar-refractivity contribution in [2.45, 2.75) is 12.8 Å². The summed E-state index contributed by atoms with van der Waals surface area (Å²) in [6.07, 6.45) is 0. The Morgan fingerprint density at radius 3 is 2.53 bits per heavy atom. The van der Waals surface area contributed by atoms with E-state index in [0.717, 1.165) is 18.2 Å².